The van der Waals surface area contributed by atoms with Gasteiger partial charge in [0.2, 0.25) is 0 Å². The van der Waals surface area contributed by atoms with E-state index in [0.717, 1.165) is 23.9 Å². The Morgan fingerprint density at radius 2 is 1.94 bits per heavy atom. The number of morpholine rings is 1. The van der Waals surface area contributed by atoms with Crippen molar-refractivity contribution in [3.8, 4) is 0 Å². The molecule has 0 saturated carbocycles. The number of benzene rings is 1. The van der Waals surface area contributed by atoms with E-state index in [-0.39, 0.29) is 49.9 Å². The summed E-state index contributed by atoms with van der Waals surface area (Å²) in [4.78, 5) is 22.3. The van der Waals surface area contributed by atoms with Crippen molar-refractivity contribution in [1.29, 1.82) is 0 Å². The number of fused-ring (bicyclic) bond motifs is 3. The number of amides is 1. The van der Waals surface area contributed by atoms with Gasteiger partial charge in [-0.2, -0.15) is 13.2 Å². The molecule has 1 amide bonds. The lowest BCUT2D eigenvalue weighted by molar-refractivity contribution is -0.141. The molecule has 0 bridgehead atoms. The molecule has 1 fully saturated rings. The molecule has 11 heteroatoms. The van der Waals surface area contributed by atoms with Gasteiger partial charge in [-0.3, -0.25) is 9.78 Å². The first-order valence-corrected chi connectivity index (χ1v) is 10.1. The van der Waals surface area contributed by atoms with Gasteiger partial charge in [-0.05, 0) is 29.3 Å². The minimum absolute atomic E-state index is 0.0242. The van der Waals surface area contributed by atoms with Gasteiger partial charge < -0.3 is 20.1 Å². The van der Waals surface area contributed by atoms with E-state index in [1.165, 1.54) is 17.0 Å². The number of nitrogen functional groups attached to an aromatic ring is 1. The number of anilines is 1. The van der Waals surface area contributed by atoms with E-state index in [9.17, 15) is 18.0 Å². The van der Waals surface area contributed by atoms with Crippen LogP contribution in [-0.2, 0) is 28.9 Å². The third-order valence-corrected chi connectivity index (χ3v) is 5.90. The van der Waals surface area contributed by atoms with Gasteiger partial charge in [0, 0.05) is 29.8 Å². The fourth-order valence-corrected chi connectivity index (χ4v) is 4.24. The maximum Gasteiger partial charge on any atom is 0.433 e. The lowest BCUT2D eigenvalue weighted by Crippen LogP contribution is -2.43. The Labute approximate surface area is 185 Å². The van der Waals surface area contributed by atoms with Crippen LogP contribution < -0.4 is 5.73 Å². The Bertz CT molecular complexity index is 1260. The quantitative estimate of drug-likeness (QED) is 0.586. The molecule has 7 nitrogen and oxygen atoms in total. The van der Waals surface area contributed by atoms with E-state index in [2.05, 4.69) is 9.97 Å². The second-order valence-electron chi connectivity index (χ2n) is 7.86. The van der Waals surface area contributed by atoms with Gasteiger partial charge in [0.05, 0.1) is 43.5 Å². The third kappa shape index (κ3) is 3.76. The number of alkyl halides is 3. The Morgan fingerprint density at radius 3 is 2.73 bits per heavy atom. The number of hydrogen-bond donors (Lipinski definition) is 1. The highest BCUT2D eigenvalue weighted by Gasteiger charge is 2.36. The van der Waals surface area contributed by atoms with Gasteiger partial charge in [0.15, 0.2) is 0 Å². The van der Waals surface area contributed by atoms with Crippen LogP contribution in [0, 0.1) is 5.82 Å². The van der Waals surface area contributed by atoms with Gasteiger partial charge in [-0.25, -0.2) is 9.37 Å². The number of nitrogens with two attached hydrogens (primary N) is 1. The first-order valence-electron chi connectivity index (χ1n) is 10.1. The van der Waals surface area contributed by atoms with Crippen molar-refractivity contribution in [2.24, 2.45) is 0 Å². The Morgan fingerprint density at radius 1 is 1.15 bits per heavy atom. The molecule has 1 saturated heterocycles. The maximum absolute atomic E-state index is 15.0. The standard InChI is InChI=1S/C22H18F4N4O3/c23-16-7-17-12(14-8-33-9-15(14)20(27)29-17)6-13(16)21(31)30-3-4-32-10-18(30)11-1-2-28-19(5-11)22(24,25)26/h1-2,5-7,18H,3-4,8-10H2,(H2,27,29)/t18-/m0/s1. The first-order chi connectivity index (χ1) is 15.7. The number of halogens is 4. The molecule has 172 valence electrons. The van der Waals surface area contributed by atoms with E-state index in [1.807, 2.05) is 0 Å². The molecule has 0 radical (unpaired) electrons. The number of hydrogen-bond acceptors (Lipinski definition) is 6. The van der Waals surface area contributed by atoms with E-state index in [4.69, 9.17) is 15.2 Å². The van der Waals surface area contributed by atoms with Crippen LogP contribution in [-0.4, -0.2) is 40.5 Å². The summed E-state index contributed by atoms with van der Waals surface area (Å²) in [5.41, 5.74) is 6.61. The van der Waals surface area contributed by atoms with Crippen molar-refractivity contribution in [3.63, 3.8) is 0 Å². The molecule has 2 aliphatic heterocycles. The number of rotatable bonds is 2. The predicted octanol–water partition coefficient (Wildman–Crippen LogP) is 3.61. The number of nitrogens with zero attached hydrogens (tertiary/aromatic N) is 3. The van der Waals surface area contributed by atoms with Crippen LogP contribution in [0.3, 0.4) is 0 Å². The van der Waals surface area contributed by atoms with Crippen molar-refractivity contribution in [2.75, 3.05) is 25.5 Å². The van der Waals surface area contributed by atoms with Gasteiger partial charge >= 0.3 is 6.18 Å². The number of pyridine rings is 2. The second kappa shape index (κ2) is 7.92. The third-order valence-electron chi connectivity index (χ3n) is 5.90. The Hall–Kier alpha value is -3.31. The van der Waals surface area contributed by atoms with Crippen LogP contribution in [0.2, 0.25) is 0 Å². The molecule has 2 aromatic heterocycles. The molecule has 0 spiro atoms. The molecule has 0 unspecified atom stereocenters. The number of carbonyl (C=O) groups excluding carboxylic acids is 1. The predicted molar refractivity (Wildman–Crippen MR) is 108 cm³/mol. The lowest BCUT2D eigenvalue weighted by Gasteiger charge is -2.36. The van der Waals surface area contributed by atoms with Crippen LogP contribution in [0.1, 0.15) is 38.8 Å². The highest BCUT2D eigenvalue weighted by molar-refractivity contribution is 5.99. The number of ether oxygens (including phenoxy) is 2. The van der Waals surface area contributed by atoms with Crippen LogP contribution in [0.5, 0.6) is 0 Å². The molecular formula is C22H18F4N4O3. The zero-order valence-electron chi connectivity index (χ0n) is 17.2. The highest BCUT2D eigenvalue weighted by Crippen LogP contribution is 2.35. The second-order valence-corrected chi connectivity index (χ2v) is 7.86. The minimum atomic E-state index is -4.64. The topological polar surface area (TPSA) is 90.6 Å². The smallest absolute Gasteiger partial charge is 0.383 e. The van der Waals surface area contributed by atoms with Gasteiger partial charge in [0.25, 0.3) is 5.91 Å². The Balaban J connectivity index is 1.55. The van der Waals surface area contributed by atoms with E-state index in [0.29, 0.717) is 16.5 Å². The zero-order chi connectivity index (χ0) is 23.3. The summed E-state index contributed by atoms with van der Waals surface area (Å²) >= 11 is 0. The molecule has 33 heavy (non-hydrogen) atoms. The van der Waals surface area contributed by atoms with Crippen LogP contribution >= 0.6 is 0 Å². The number of carbonyl (C=O) groups is 1. The normalized spacial score (nSPS) is 18.5. The largest absolute Gasteiger partial charge is 0.433 e. The van der Waals surface area contributed by atoms with Crippen LogP contribution in [0.25, 0.3) is 10.9 Å². The molecule has 1 aromatic carbocycles. The summed E-state index contributed by atoms with van der Waals surface area (Å²) in [7, 11) is 0. The summed E-state index contributed by atoms with van der Waals surface area (Å²) in [5, 5.41) is 0.550. The van der Waals surface area contributed by atoms with Crippen molar-refractivity contribution in [1.82, 2.24) is 14.9 Å². The van der Waals surface area contributed by atoms with E-state index >= 15 is 4.39 Å². The van der Waals surface area contributed by atoms with E-state index < -0.39 is 29.6 Å². The Kier molecular flexibility index (Phi) is 5.17. The van der Waals surface area contributed by atoms with Crippen LogP contribution in [0.4, 0.5) is 23.4 Å². The molecule has 3 aromatic rings. The molecule has 2 aliphatic rings. The molecule has 4 heterocycles. The first kappa shape index (κ1) is 21.5. The lowest BCUT2D eigenvalue weighted by atomic mass is 10.00. The van der Waals surface area contributed by atoms with Crippen molar-refractivity contribution in [3.05, 3.63) is 64.2 Å². The SMILES string of the molecule is Nc1nc2cc(F)c(C(=O)N3CCOC[C@H]3c3ccnc(C(F)(F)F)c3)cc2c2c1COC2. The molecular weight excluding hydrogens is 444 g/mol. The van der Waals surface area contributed by atoms with E-state index in [1.54, 1.807) is 0 Å². The zero-order valence-corrected chi connectivity index (χ0v) is 17.2. The summed E-state index contributed by atoms with van der Waals surface area (Å²) in [5.74, 6) is -1.20. The molecule has 0 aliphatic carbocycles. The van der Waals surface area contributed by atoms with Gasteiger partial charge in [0.1, 0.15) is 17.3 Å². The highest BCUT2D eigenvalue weighted by atomic mass is 19.4. The van der Waals surface area contributed by atoms with Gasteiger partial charge in [-0.15, -0.1) is 0 Å². The van der Waals surface area contributed by atoms with Crippen molar-refractivity contribution >= 4 is 22.6 Å². The fourth-order valence-electron chi connectivity index (χ4n) is 4.24. The van der Waals surface area contributed by atoms with Crippen molar-refractivity contribution in [2.45, 2.75) is 25.4 Å². The summed E-state index contributed by atoms with van der Waals surface area (Å²) in [6.07, 6.45) is -3.60. The average Bonchev–Trinajstić information content (AvgIpc) is 3.29. The van der Waals surface area contributed by atoms with Crippen LogP contribution in [0.15, 0.2) is 30.5 Å². The summed E-state index contributed by atoms with van der Waals surface area (Å²) < 4.78 is 65.3. The minimum Gasteiger partial charge on any atom is -0.383 e. The molecule has 1 atom stereocenters. The monoisotopic (exact) mass is 462 g/mol. The molecule has 2 N–H and O–H groups in total. The number of aromatic nitrogens is 2. The average molecular weight is 462 g/mol. The summed E-state index contributed by atoms with van der Waals surface area (Å²) in [6, 6.07) is 3.99. The van der Waals surface area contributed by atoms with Gasteiger partial charge in [-0.1, -0.05) is 0 Å². The summed E-state index contributed by atoms with van der Waals surface area (Å²) in [6.45, 7) is 0.778. The van der Waals surface area contributed by atoms with Crippen molar-refractivity contribution < 1.29 is 31.8 Å². The molecule has 5 rings (SSSR count). The maximum atomic E-state index is 15.0. The fraction of sp³-hybridized carbons (Fsp3) is 0.318.